The summed E-state index contributed by atoms with van der Waals surface area (Å²) in [4.78, 5) is 7.02. The minimum absolute atomic E-state index is 0.528. The fourth-order valence-corrected chi connectivity index (χ4v) is 2.79. The first-order chi connectivity index (χ1) is 7.70. The molecule has 16 heavy (non-hydrogen) atoms. The van der Waals surface area contributed by atoms with Crippen LogP contribution in [0.1, 0.15) is 39.3 Å². The van der Waals surface area contributed by atoms with Crippen molar-refractivity contribution < 1.29 is 0 Å². The minimum atomic E-state index is 0.528. The van der Waals surface area contributed by atoms with Gasteiger partial charge in [-0.3, -0.25) is 0 Å². The van der Waals surface area contributed by atoms with E-state index >= 15 is 0 Å². The maximum Gasteiger partial charge on any atom is 0.185 e. The smallest absolute Gasteiger partial charge is 0.185 e. The summed E-state index contributed by atoms with van der Waals surface area (Å²) in [6.45, 7) is 8.57. The molecule has 3 nitrogen and oxygen atoms in total. The molecule has 0 aliphatic heterocycles. The van der Waals surface area contributed by atoms with Crippen molar-refractivity contribution in [3.05, 3.63) is 11.1 Å². The van der Waals surface area contributed by atoms with E-state index in [-0.39, 0.29) is 0 Å². The van der Waals surface area contributed by atoms with Gasteiger partial charge in [0.25, 0.3) is 0 Å². The molecule has 0 spiro atoms. The van der Waals surface area contributed by atoms with E-state index in [9.17, 15) is 0 Å². The van der Waals surface area contributed by atoms with Crippen LogP contribution in [-0.2, 0) is 6.54 Å². The highest BCUT2D eigenvalue weighted by molar-refractivity contribution is 7.13. The summed E-state index contributed by atoms with van der Waals surface area (Å²) in [7, 11) is 0. The van der Waals surface area contributed by atoms with Crippen molar-refractivity contribution in [1.29, 1.82) is 0 Å². The summed E-state index contributed by atoms with van der Waals surface area (Å²) < 4.78 is 0. The van der Waals surface area contributed by atoms with E-state index in [1.54, 1.807) is 11.3 Å². The van der Waals surface area contributed by atoms with Crippen LogP contribution in [-0.4, -0.2) is 23.6 Å². The number of hydrogen-bond acceptors (Lipinski definition) is 4. The van der Waals surface area contributed by atoms with Gasteiger partial charge in [-0.05, 0) is 33.6 Å². The summed E-state index contributed by atoms with van der Waals surface area (Å²) in [6, 6.07) is 1.29. The predicted molar refractivity (Wildman–Crippen MR) is 70.1 cm³/mol. The maximum atomic E-state index is 4.68. The molecule has 0 saturated heterocycles. The van der Waals surface area contributed by atoms with Gasteiger partial charge >= 0.3 is 0 Å². The fourth-order valence-electron chi connectivity index (χ4n) is 1.77. The second-order valence-electron chi connectivity index (χ2n) is 4.66. The third kappa shape index (κ3) is 2.95. The molecule has 1 N–H and O–H groups in total. The van der Waals surface area contributed by atoms with E-state index in [1.807, 2.05) is 0 Å². The zero-order valence-corrected chi connectivity index (χ0v) is 11.2. The van der Waals surface area contributed by atoms with Gasteiger partial charge in [-0.2, -0.15) is 0 Å². The van der Waals surface area contributed by atoms with Crippen molar-refractivity contribution in [2.45, 2.75) is 52.2 Å². The molecule has 1 aromatic rings. The van der Waals surface area contributed by atoms with Crippen molar-refractivity contribution in [1.82, 2.24) is 10.3 Å². The number of aromatic nitrogens is 1. The van der Waals surface area contributed by atoms with Crippen LogP contribution in [0.25, 0.3) is 0 Å². The Hall–Kier alpha value is -0.610. The van der Waals surface area contributed by atoms with Crippen molar-refractivity contribution in [3.8, 4) is 0 Å². The average molecular weight is 239 g/mol. The first kappa shape index (κ1) is 11.9. The standard InChI is InChI=1S/C12H21N3S/c1-4-15(9(2)3)12-14-11(8-16-12)7-13-10-5-6-10/h8-10,13H,4-7H2,1-3H3. The van der Waals surface area contributed by atoms with E-state index in [0.29, 0.717) is 6.04 Å². The van der Waals surface area contributed by atoms with Crippen LogP contribution < -0.4 is 10.2 Å². The van der Waals surface area contributed by atoms with Crippen LogP contribution in [0.5, 0.6) is 0 Å². The Bertz CT molecular complexity index is 331. The number of anilines is 1. The normalized spacial score (nSPS) is 15.8. The number of hydrogen-bond donors (Lipinski definition) is 1. The molecule has 1 aromatic heterocycles. The molecule has 0 amide bonds. The van der Waals surface area contributed by atoms with Crippen molar-refractivity contribution >= 4 is 16.5 Å². The van der Waals surface area contributed by atoms with Gasteiger partial charge < -0.3 is 10.2 Å². The Labute approximate surface area is 102 Å². The molecule has 0 unspecified atom stereocenters. The van der Waals surface area contributed by atoms with Crippen LogP contribution in [0.15, 0.2) is 5.38 Å². The Morgan fingerprint density at radius 2 is 2.31 bits per heavy atom. The van der Waals surface area contributed by atoms with Gasteiger partial charge in [0.2, 0.25) is 0 Å². The first-order valence-corrected chi connectivity index (χ1v) is 7.03. The molecule has 1 heterocycles. The molecule has 1 aliphatic rings. The van der Waals surface area contributed by atoms with Gasteiger partial charge in [-0.15, -0.1) is 11.3 Å². The predicted octanol–water partition coefficient (Wildman–Crippen LogP) is 2.63. The van der Waals surface area contributed by atoms with Gasteiger partial charge in [0.15, 0.2) is 5.13 Å². The van der Waals surface area contributed by atoms with Gasteiger partial charge in [0.1, 0.15) is 0 Å². The summed E-state index contributed by atoms with van der Waals surface area (Å²) in [6.07, 6.45) is 2.67. The second-order valence-corrected chi connectivity index (χ2v) is 5.49. The molecule has 1 fully saturated rings. The molecule has 4 heteroatoms. The highest BCUT2D eigenvalue weighted by Crippen LogP contribution is 2.23. The topological polar surface area (TPSA) is 28.2 Å². The lowest BCUT2D eigenvalue weighted by Crippen LogP contribution is -2.30. The maximum absolute atomic E-state index is 4.68. The zero-order valence-electron chi connectivity index (χ0n) is 10.4. The summed E-state index contributed by atoms with van der Waals surface area (Å²) in [5.41, 5.74) is 1.19. The SMILES string of the molecule is CCN(c1nc(CNC2CC2)cs1)C(C)C. The Balaban J connectivity index is 1.93. The highest BCUT2D eigenvalue weighted by atomic mass is 32.1. The molecule has 1 saturated carbocycles. The Kier molecular flexibility index (Phi) is 3.82. The summed E-state index contributed by atoms with van der Waals surface area (Å²) in [5.74, 6) is 0. The van der Waals surface area contributed by atoms with Crippen molar-refractivity contribution in [3.63, 3.8) is 0 Å². The van der Waals surface area contributed by atoms with E-state index in [2.05, 4.69) is 41.4 Å². The minimum Gasteiger partial charge on any atom is -0.346 e. The molecule has 0 atom stereocenters. The molecule has 2 rings (SSSR count). The number of nitrogens with zero attached hydrogens (tertiary/aromatic N) is 2. The van der Waals surface area contributed by atoms with Crippen LogP contribution in [0.3, 0.4) is 0 Å². The lowest BCUT2D eigenvalue weighted by molar-refractivity contribution is 0.669. The van der Waals surface area contributed by atoms with Crippen molar-refractivity contribution in [2.75, 3.05) is 11.4 Å². The van der Waals surface area contributed by atoms with Gasteiger partial charge in [-0.25, -0.2) is 4.98 Å². The molecular weight excluding hydrogens is 218 g/mol. The lowest BCUT2D eigenvalue weighted by Gasteiger charge is -2.24. The second kappa shape index (κ2) is 5.15. The number of rotatable bonds is 6. The summed E-state index contributed by atoms with van der Waals surface area (Å²) >= 11 is 1.76. The molecule has 1 aliphatic carbocycles. The van der Waals surface area contributed by atoms with Crippen LogP contribution in [0, 0.1) is 0 Å². The third-order valence-electron chi connectivity index (χ3n) is 2.90. The van der Waals surface area contributed by atoms with Crippen molar-refractivity contribution in [2.24, 2.45) is 0 Å². The molecular formula is C12H21N3S. The first-order valence-electron chi connectivity index (χ1n) is 6.15. The van der Waals surface area contributed by atoms with Crippen LogP contribution >= 0.6 is 11.3 Å². The largest absolute Gasteiger partial charge is 0.346 e. The zero-order chi connectivity index (χ0) is 11.5. The molecule has 90 valence electrons. The molecule has 0 radical (unpaired) electrons. The third-order valence-corrected chi connectivity index (χ3v) is 3.83. The highest BCUT2D eigenvalue weighted by Gasteiger charge is 2.20. The summed E-state index contributed by atoms with van der Waals surface area (Å²) in [5, 5.41) is 6.83. The number of thiazole rings is 1. The van der Waals surface area contributed by atoms with E-state index in [1.165, 1.54) is 18.5 Å². The average Bonchev–Trinajstić information content (AvgIpc) is 2.96. The van der Waals surface area contributed by atoms with E-state index in [0.717, 1.165) is 24.3 Å². The monoisotopic (exact) mass is 239 g/mol. The quantitative estimate of drug-likeness (QED) is 0.827. The van der Waals surface area contributed by atoms with Gasteiger partial charge in [0.05, 0.1) is 5.69 Å². The van der Waals surface area contributed by atoms with Gasteiger partial charge in [0, 0.05) is 30.6 Å². The molecule has 0 bridgehead atoms. The molecule has 0 aromatic carbocycles. The van der Waals surface area contributed by atoms with E-state index < -0.39 is 0 Å². The fraction of sp³-hybridized carbons (Fsp3) is 0.750. The van der Waals surface area contributed by atoms with Gasteiger partial charge in [-0.1, -0.05) is 0 Å². The van der Waals surface area contributed by atoms with E-state index in [4.69, 9.17) is 0 Å². The Morgan fingerprint density at radius 1 is 1.56 bits per heavy atom. The van der Waals surface area contributed by atoms with Crippen LogP contribution in [0.2, 0.25) is 0 Å². The Morgan fingerprint density at radius 3 is 2.88 bits per heavy atom. The number of nitrogens with one attached hydrogen (secondary N) is 1. The van der Waals surface area contributed by atoms with Crippen LogP contribution in [0.4, 0.5) is 5.13 Å². The lowest BCUT2D eigenvalue weighted by atomic mass is 10.3.